The zero-order chi connectivity index (χ0) is 17.0. The lowest BCUT2D eigenvalue weighted by Gasteiger charge is -2.21. The summed E-state index contributed by atoms with van der Waals surface area (Å²) < 4.78 is 25.0. The molecule has 0 aliphatic rings. The molecule has 1 N–H and O–H groups in total. The average Bonchev–Trinajstić information content (AvgIpc) is 2.43. The van der Waals surface area contributed by atoms with Crippen molar-refractivity contribution in [2.45, 2.75) is 13.8 Å². The molecule has 0 atom stereocenters. The number of benzene rings is 2. The molecule has 0 aliphatic heterocycles. The first-order valence-corrected chi connectivity index (χ1v) is 9.01. The van der Waals surface area contributed by atoms with Gasteiger partial charge in [-0.3, -0.25) is 9.10 Å². The van der Waals surface area contributed by atoms with Crippen LogP contribution in [0.1, 0.15) is 11.1 Å². The normalized spacial score (nSPS) is 11.1. The van der Waals surface area contributed by atoms with Gasteiger partial charge in [0.05, 0.1) is 11.9 Å². The molecule has 0 radical (unpaired) electrons. The monoisotopic (exact) mass is 332 g/mol. The summed E-state index contributed by atoms with van der Waals surface area (Å²) in [6.45, 7) is 3.61. The van der Waals surface area contributed by atoms with Crippen molar-refractivity contribution in [1.82, 2.24) is 0 Å². The van der Waals surface area contributed by atoms with Crippen LogP contribution in [0.25, 0.3) is 0 Å². The maximum atomic E-state index is 12.2. The Balaban J connectivity index is 2.18. The Morgan fingerprint density at radius 1 is 1.04 bits per heavy atom. The van der Waals surface area contributed by atoms with E-state index in [1.54, 1.807) is 30.3 Å². The van der Waals surface area contributed by atoms with E-state index < -0.39 is 10.0 Å². The van der Waals surface area contributed by atoms with Crippen LogP contribution >= 0.6 is 0 Å². The van der Waals surface area contributed by atoms with Gasteiger partial charge in [-0.25, -0.2) is 8.42 Å². The Kier molecular flexibility index (Phi) is 5.05. The topological polar surface area (TPSA) is 66.5 Å². The quantitative estimate of drug-likeness (QED) is 0.915. The maximum Gasteiger partial charge on any atom is 0.245 e. The van der Waals surface area contributed by atoms with Gasteiger partial charge in [0.15, 0.2) is 0 Å². The Morgan fingerprint density at radius 2 is 1.61 bits per heavy atom. The number of nitrogens with one attached hydrogen (secondary N) is 1. The van der Waals surface area contributed by atoms with Crippen LogP contribution in [0, 0.1) is 13.8 Å². The molecular weight excluding hydrogens is 312 g/mol. The number of rotatable bonds is 5. The van der Waals surface area contributed by atoms with Crippen molar-refractivity contribution in [2.75, 3.05) is 22.4 Å². The van der Waals surface area contributed by atoms with E-state index >= 15 is 0 Å². The lowest BCUT2D eigenvalue weighted by atomic mass is 10.1. The number of anilines is 2. The van der Waals surface area contributed by atoms with E-state index in [1.807, 2.05) is 32.0 Å². The van der Waals surface area contributed by atoms with Gasteiger partial charge in [-0.1, -0.05) is 24.3 Å². The molecule has 0 aromatic heterocycles. The number of nitrogens with zero attached hydrogens (tertiary/aromatic N) is 1. The summed E-state index contributed by atoms with van der Waals surface area (Å²) in [5.41, 5.74) is 3.19. The van der Waals surface area contributed by atoms with E-state index in [0.717, 1.165) is 21.7 Å². The van der Waals surface area contributed by atoms with Crippen LogP contribution < -0.4 is 9.62 Å². The molecule has 0 aliphatic carbocycles. The lowest BCUT2D eigenvalue weighted by Crippen LogP contribution is -2.37. The highest BCUT2D eigenvalue weighted by molar-refractivity contribution is 7.92. The second-order valence-electron chi connectivity index (χ2n) is 5.53. The Bertz CT molecular complexity index is 782. The third kappa shape index (κ3) is 4.82. The van der Waals surface area contributed by atoms with E-state index in [-0.39, 0.29) is 12.5 Å². The van der Waals surface area contributed by atoms with Crippen molar-refractivity contribution in [3.05, 3.63) is 59.7 Å². The molecule has 122 valence electrons. The molecule has 23 heavy (non-hydrogen) atoms. The summed E-state index contributed by atoms with van der Waals surface area (Å²) in [4.78, 5) is 12.2. The van der Waals surface area contributed by atoms with E-state index in [4.69, 9.17) is 0 Å². The predicted molar refractivity (Wildman–Crippen MR) is 93.2 cm³/mol. The van der Waals surface area contributed by atoms with Gasteiger partial charge in [0, 0.05) is 5.69 Å². The number of carbonyl (C=O) groups excluding carboxylic acids is 1. The molecule has 0 saturated carbocycles. The molecule has 0 bridgehead atoms. The van der Waals surface area contributed by atoms with Gasteiger partial charge in [-0.2, -0.15) is 0 Å². The molecule has 6 heteroatoms. The molecule has 2 aromatic carbocycles. The number of sulfonamides is 1. The third-order valence-electron chi connectivity index (χ3n) is 3.24. The first kappa shape index (κ1) is 17.0. The fourth-order valence-electron chi connectivity index (χ4n) is 2.37. The van der Waals surface area contributed by atoms with Crippen molar-refractivity contribution in [3.8, 4) is 0 Å². The zero-order valence-corrected chi connectivity index (χ0v) is 14.2. The van der Waals surface area contributed by atoms with Gasteiger partial charge in [0.2, 0.25) is 15.9 Å². The van der Waals surface area contributed by atoms with Gasteiger partial charge in [0.25, 0.3) is 0 Å². The highest BCUT2D eigenvalue weighted by Crippen LogP contribution is 2.18. The average molecular weight is 332 g/mol. The summed E-state index contributed by atoms with van der Waals surface area (Å²) in [6, 6.07) is 14.3. The lowest BCUT2D eigenvalue weighted by molar-refractivity contribution is -0.114. The maximum absolute atomic E-state index is 12.2. The number of amides is 1. The van der Waals surface area contributed by atoms with Crippen LogP contribution in [0.3, 0.4) is 0 Å². The second kappa shape index (κ2) is 6.83. The Morgan fingerprint density at radius 3 is 2.13 bits per heavy atom. The summed E-state index contributed by atoms with van der Waals surface area (Å²) in [7, 11) is -3.55. The van der Waals surface area contributed by atoms with Gasteiger partial charge in [-0.15, -0.1) is 0 Å². The van der Waals surface area contributed by atoms with E-state index in [9.17, 15) is 13.2 Å². The van der Waals surface area contributed by atoms with Crippen molar-refractivity contribution in [1.29, 1.82) is 0 Å². The Hall–Kier alpha value is -2.34. The number of hydrogen-bond donors (Lipinski definition) is 1. The molecule has 1 amide bonds. The van der Waals surface area contributed by atoms with Crippen LogP contribution in [0.15, 0.2) is 48.5 Å². The van der Waals surface area contributed by atoms with E-state index in [1.165, 1.54) is 0 Å². The number of carbonyl (C=O) groups is 1. The van der Waals surface area contributed by atoms with E-state index in [2.05, 4.69) is 5.32 Å². The largest absolute Gasteiger partial charge is 0.324 e. The van der Waals surface area contributed by atoms with Crippen LogP contribution in [0.4, 0.5) is 11.4 Å². The summed E-state index contributed by atoms with van der Waals surface area (Å²) in [5.74, 6) is -0.385. The molecule has 5 nitrogen and oxygen atoms in total. The van der Waals surface area contributed by atoms with Crippen molar-refractivity contribution < 1.29 is 13.2 Å². The molecule has 0 unspecified atom stereocenters. The zero-order valence-electron chi connectivity index (χ0n) is 13.4. The second-order valence-corrected chi connectivity index (χ2v) is 7.44. The summed E-state index contributed by atoms with van der Waals surface area (Å²) >= 11 is 0. The first-order valence-electron chi connectivity index (χ1n) is 7.16. The molecule has 0 saturated heterocycles. The minimum atomic E-state index is -3.55. The number of para-hydroxylation sites is 1. The first-order chi connectivity index (χ1) is 10.8. The van der Waals surface area contributed by atoms with Crippen molar-refractivity contribution in [3.63, 3.8) is 0 Å². The van der Waals surface area contributed by atoms with E-state index in [0.29, 0.717) is 11.4 Å². The molecule has 0 fully saturated rings. The Labute approximate surface area is 137 Å². The van der Waals surface area contributed by atoms with Gasteiger partial charge < -0.3 is 5.32 Å². The number of aryl methyl sites for hydroxylation is 2. The van der Waals surface area contributed by atoms with Gasteiger partial charge in [-0.05, 0) is 49.2 Å². The van der Waals surface area contributed by atoms with Crippen LogP contribution in [0.5, 0.6) is 0 Å². The van der Waals surface area contributed by atoms with Crippen LogP contribution in [-0.4, -0.2) is 27.1 Å². The highest BCUT2D eigenvalue weighted by Gasteiger charge is 2.20. The summed E-state index contributed by atoms with van der Waals surface area (Å²) in [6.07, 6.45) is 1.09. The highest BCUT2D eigenvalue weighted by atomic mass is 32.2. The minimum absolute atomic E-state index is 0.268. The third-order valence-corrected chi connectivity index (χ3v) is 4.38. The molecule has 0 spiro atoms. The van der Waals surface area contributed by atoms with Crippen molar-refractivity contribution >= 4 is 27.3 Å². The fourth-order valence-corrected chi connectivity index (χ4v) is 3.23. The predicted octanol–water partition coefficient (Wildman–Crippen LogP) is 2.71. The fraction of sp³-hybridized carbons (Fsp3) is 0.235. The SMILES string of the molecule is Cc1cc(C)cc(NC(=O)CN(c2ccccc2)S(C)(=O)=O)c1. The molecule has 2 aromatic rings. The van der Waals surface area contributed by atoms with Gasteiger partial charge in [0.1, 0.15) is 6.54 Å². The smallest absolute Gasteiger partial charge is 0.245 e. The van der Waals surface area contributed by atoms with Gasteiger partial charge >= 0.3 is 0 Å². The summed E-state index contributed by atoms with van der Waals surface area (Å²) in [5, 5.41) is 2.75. The standard InChI is InChI=1S/C17H20N2O3S/c1-13-9-14(2)11-15(10-13)18-17(20)12-19(23(3,21)22)16-7-5-4-6-8-16/h4-11H,12H2,1-3H3,(H,18,20). The van der Waals surface area contributed by atoms with Crippen LogP contribution in [0.2, 0.25) is 0 Å². The molecule has 2 rings (SSSR count). The molecule has 0 heterocycles. The minimum Gasteiger partial charge on any atom is -0.324 e. The number of hydrogen-bond acceptors (Lipinski definition) is 3. The van der Waals surface area contributed by atoms with Crippen LogP contribution in [-0.2, 0) is 14.8 Å². The van der Waals surface area contributed by atoms with Crippen molar-refractivity contribution in [2.24, 2.45) is 0 Å². The molecular formula is C17H20N2O3S.